The van der Waals surface area contributed by atoms with Crippen molar-refractivity contribution in [1.29, 1.82) is 0 Å². The van der Waals surface area contributed by atoms with Crippen molar-refractivity contribution in [3.63, 3.8) is 0 Å². The van der Waals surface area contributed by atoms with Gasteiger partial charge in [0.05, 0.1) is 0 Å². The van der Waals surface area contributed by atoms with E-state index in [-0.39, 0.29) is 11.5 Å². The molecular weight excluding hydrogens is 224 g/mol. The highest BCUT2D eigenvalue weighted by molar-refractivity contribution is 7.92. The first-order valence-corrected chi connectivity index (χ1v) is 6.93. The Morgan fingerprint density at radius 1 is 1.31 bits per heavy atom. The molecule has 16 heavy (non-hydrogen) atoms. The highest BCUT2D eigenvalue weighted by atomic mass is 32.2. The Balaban J connectivity index is 3.10. The van der Waals surface area contributed by atoms with Gasteiger partial charge in [0.15, 0.2) is 15.6 Å². The molecule has 0 aliphatic carbocycles. The topological polar surface area (TPSA) is 51.2 Å². The molecular formula is C12H16O3S. The lowest BCUT2D eigenvalue weighted by Crippen LogP contribution is -2.29. The van der Waals surface area contributed by atoms with Gasteiger partial charge in [-0.25, -0.2) is 8.42 Å². The van der Waals surface area contributed by atoms with Gasteiger partial charge in [0, 0.05) is 11.3 Å². The van der Waals surface area contributed by atoms with E-state index in [9.17, 15) is 13.2 Å². The first-order valence-electron chi connectivity index (χ1n) is 5.21. The highest BCUT2D eigenvalue weighted by Gasteiger charge is 2.27. The Morgan fingerprint density at radius 2 is 1.88 bits per heavy atom. The molecule has 1 rings (SSSR count). The minimum atomic E-state index is -3.31. The van der Waals surface area contributed by atoms with Gasteiger partial charge in [0.1, 0.15) is 5.25 Å². The number of ketones is 1. The van der Waals surface area contributed by atoms with Crippen LogP contribution in [-0.2, 0) is 9.84 Å². The van der Waals surface area contributed by atoms with Crippen molar-refractivity contribution in [2.75, 3.05) is 5.75 Å². The van der Waals surface area contributed by atoms with Crippen LogP contribution in [0, 0.1) is 6.92 Å². The van der Waals surface area contributed by atoms with Crippen LogP contribution in [0.5, 0.6) is 0 Å². The summed E-state index contributed by atoms with van der Waals surface area (Å²) in [6.45, 7) is 4.81. The molecule has 0 N–H and O–H groups in total. The van der Waals surface area contributed by atoms with E-state index in [2.05, 4.69) is 0 Å². The molecule has 3 nitrogen and oxygen atoms in total. The van der Waals surface area contributed by atoms with Gasteiger partial charge in [-0.3, -0.25) is 4.79 Å². The van der Waals surface area contributed by atoms with Gasteiger partial charge in [-0.1, -0.05) is 31.2 Å². The van der Waals surface area contributed by atoms with Crippen molar-refractivity contribution in [3.05, 3.63) is 35.4 Å². The van der Waals surface area contributed by atoms with E-state index in [0.29, 0.717) is 5.56 Å². The molecule has 0 bridgehead atoms. The van der Waals surface area contributed by atoms with Gasteiger partial charge in [0.25, 0.3) is 0 Å². The van der Waals surface area contributed by atoms with Crippen LogP contribution in [0.1, 0.15) is 29.8 Å². The van der Waals surface area contributed by atoms with Crippen molar-refractivity contribution in [2.45, 2.75) is 26.0 Å². The number of hydrogen-bond acceptors (Lipinski definition) is 3. The number of aryl methyl sites for hydroxylation is 1. The number of sulfone groups is 1. The highest BCUT2D eigenvalue weighted by Crippen LogP contribution is 2.14. The molecule has 0 fully saturated rings. The van der Waals surface area contributed by atoms with Gasteiger partial charge in [-0.15, -0.1) is 0 Å². The maximum atomic E-state index is 12.0. The summed E-state index contributed by atoms with van der Waals surface area (Å²) in [7, 11) is -3.31. The van der Waals surface area contributed by atoms with Crippen LogP contribution in [0.2, 0.25) is 0 Å². The molecule has 88 valence electrons. The number of Topliss-reactive ketones (excluding diaryl/α,β-unsaturated/α-hetero) is 1. The van der Waals surface area contributed by atoms with E-state index >= 15 is 0 Å². The second kappa shape index (κ2) is 4.78. The third-order valence-electron chi connectivity index (χ3n) is 2.72. The summed E-state index contributed by atoms with van der Waals surface area (Å²) in [6.07, 6.45) is 0. The molecule has 0 aliphatic rings. The minimum Gasteiger partial charge on any atom is -0.293 e. The fourth-order valence-electron chi connectivity index (χ4n) is 1.48. The fraction of sp³-hybridized carbons (Fsp3) is 0.417. The Hall–Kier alpha value is -1.16. The molecule has 0 saturated heterocycles. The van der Waals surface area contributed by atoms with Crippen molar-refractivity contribution in [1.82, 2.24) is 0 Å². The van der Waals surface area contributed by atoms with E-state index in [0.717, 1.165) is 5.56 Å². The Kier molecular flexibility index (Phi) is 3.86. The fourth-order valence-corrected chi connectivity index (χ4v) is 2.43. The van der Waals surface area contributed by atoms with Gasteiger partial charge in [0.2, 0.25) is 0 Å². The summed E-state index contributed by atoms with van der Waals surface area (Å²) in [5, 5.41) is -0.960. The van der Waals surface area contributed by atoms with Gasteiger partial charge in [-0.05, 0) is 19.4 Å². The van der Waals surface area contributed by atoms with Gasteiger partial charge in [-0.2, -0.15) is 0 Å². The maximum Gasteiger partial charge on any atom is 0.180 e. The quantitative estimate of drug-likeness (QED) is 0.756. The van der Waals surface area contributed by atoms with Crippen LogP contribution in [0.4, 0.5) is 0 Å². The number of hydrogen-bond donors (Lipinski definition) is 0. The summed E-state index contributed by atoms with van der Waals surface area (Å²) < 4.78 is 23.2. The molecule has 0 spiro atoms. The first kappa shape index (κ1) is 12.9. The largest absolute Gasteiger partial charge is 0.293 e. The van der Waals surface area contributed by atoms with Gasteiger partial charge >= 0.3 is 0 Å². The summed E-state index contributed by atoms with van der Waals surface area (Å²) in [6, 6.07) is 7.04. The molecule has 0 unspecified atom stereocenters. The van der Waals surface area contributed by atoms with Crippen LogP contribution in [0.15, 0.2) is 24.3 Å². The van der Waals surface area contributed by atoms with Crippen LogP contribution in [0.3, 0.4) is 0 Å². The third-order valence-corrected chi connectivity index (χ3v) is 4.82. The zero-order valence-electron chi connectivity index (χ0n) is 9.73. The normalized spacial score (nSPS) is 13.4. The zero-order chi connectivity index (χ0) is 12.3. The molecule has 0 amide bonds. The van der Waals surface area contributed by atoms with E-state index in [1.807, 2.05) is 6.07 Å². The SMILES string of the molecule is CCS(=O)(=O)[C@@H](C)C(=O)c1ccccc1C. The van der Waals surface area contributed by atoms with Crippen molar-refractivity contribution >= 4 is 15.6 Å². The molecule has 0 heterocycles. The lowest BCUT2D eigenvalue weighted by Gasteiger charge is -2.11. The molecule has 0 aromatic heterocycles. The Bertz CT molecular complexity index is 489. The lowest BCUT2D eigenvalue weighted by atomic mass is 10.0. The summed E-state index contributed by atoms with van der Waals surface area (Å²) >= 11 is 0. The van der Waals surface area contributed by atoms with Gasteiger partial charge < -0.3 is 0 Å². The van der Waals surface area contributed by atoms with E-state index in [1.165, 1.54) is 6.92 Å². The Morgan fingerprint density at radius 3 is 2.38 bits per heavy atom. The van der Waals surface area contributed by atoms with Crippen LogP contribution < -0.4 is 0 Å². The minimum absolute atomic E-state index is 0.00815. The van der Waals surface area contributed by atoms with Crippen molar-refractivity contribution in [3.8, 4) is 0 Å². The van der Waals surface area contributed by atoms with E-state index in [1.54, 1.807) is 32.0 Å². The van der Waals surface area contributed by atoms with Crippen LogP contribution >= 0.6 is 0 Å². The molecule has 4 heteroatoms. The predicted molar refractivity (Wildman–Crippen MR) is 64.4 cm³/mol. The smallest absolute Gasteiger partial charge is 0.180 e. The Labute approximate surface area is 96.4 Å². The average Bonchev–Trinajstić information content (AvgIpc) is 2.27. The van der Waals surface area contributed by atoms with E-state index < -0.39 is 15.1 Å². The number of rotatable bonds is 4. The summed E-state index contributed by atoms with van der Waals surface area (Å²) in [5.41, 5.74) is 1.30. The third kappa shape index (κ3) is 2.50. The number of carbonyl (C=O) groups is 1. The van der Waals surface area contributed by atoms with Crippen LogP contribution in [-0.4, -0.2) is 25.2 Å². The molecule has 1 aromatic rings. The monoisotopic (exact) mass is 240 g/mol. The summed E-state index contributed by atoms with van der Waals surface area (Å²) in [5.74, 6) is -0.328. The molecule has 0 aliphatic heterocycles. The molecule has 1 atom stereocenters. The number of benzene rings is 1. The zero-order valence-corrected chi connectivity index (χ0v) is 10.5. The maximum absolute atomic E-state index is 12.0. The second-order valence-corrected chi connectivity index (χ2v) is 6.38. The molecule has 0 saturated carbocycles. The average molecular weight is 240 g/mol. The van der Waals surface area contributed by atoms with Crippen molar-refractivity contribution in [2.24, 2.45) is 0 Å². The first-order chi connectivity index (χ1) is 7.40. The standard InChI is InChI=1S/C12H16O3S/c1-4-16(14,15)10(3)12(13)11-8-6-5-7-9(11)2/h5-8,10H,4H2,1-3H3/t10-/m0/s1. The van der Waals surface area contributed by atoms with Crippen molar-refractivity contribution < 1.29 is 13.2 Å². The lowest BCUT2D eigenvalue weighted by molar-refractivity contribution is 0.0991. The van der Waals surface area contributed by atoms with E-state index in [4.69, 9.17) is 0 Å². The summed E-state index contributed by atoms with van der Waals surface area (Å²) in [4.78, 5) is 12.0. The predicted octanol–water partition coefficient (Wildman–Crippen LogP) is 2.00. The van der Waals surface area contributed by atoms with Crippen LogP contribution in [0.25, 0.3) is 0 Å². The second-order valence-electron chi connectivity index (χ2n) is 3.77. The molecule has 1 aromatic carbocycles. The number of carbonyl (C=O) groups excluding carboxylic acids is 1. The molecule has 0 radical (unpaired) electrons.